The minimum atomic E-state index is 0.0853. The highest BCUT2D eigenvalue weighted by atomic mass is 35.5. The number of aromatic nitrogens is 2. The third-order valence-corrected chi connectivity index (χ3v) is 4.31. The van der Waals surface area contributed by atoms with E-state index in [1.165, 1.54) is 6.33 Å². The van der Waals surface area contributed by atoms with Crippen molar-refractivity contribution < 1.29 is 0 Å². The summed E-state index contributed by atoms with van der Waals surface area (Å²) in [6.45, 7) is 6.27. The highest BCUT2D eigenvalue weighted by Crippen LogP contribution is 2.35. The van der Waals surface area contributed by atoms with Crippen molar-refractivity contribution in [1.82, 2.24) is 9.97 Å². The van der Waals surface area contributed by atoms with E-state index in [9.17, 15) is 0 Å². The number of anilines is 1. The van der Waals surface area contributed by atoms with Crippen LogP contribution in [0.4, 0.5) is 5.82 Å². The van der Waals surface area contributed by atoms with Gasteiger partial charge in [-0.05, 0) is 24.5 Å². The number of benzene rings is 1. The average molecular weight is 324 g/mol. The van der Waals surface area contributed by atoms with Crippen molar-refractivity contribution in [2.45, 2.75) is 32.7 Å². The van der Waals surface area contributed by atoms with Gasteiger partial charge in [0.1, 0.15) is 17.3 Å². The summed E-state index contributed by atoms with van der Waals surface area (Å²) < 4.78 is 0. The Labute approximate surface area is 135 Å². The lowest BCUT2D eigenvalue weighted by Gasteiger charge is -2.29. The summed E-state index contributed by atoms with van der Waals surface area (Å²) in [6, 6.07) is 7.93. The van der Waals surface area contributed by atoms with Crippen LogP contribution in [0.2, 0.25) is 10.2 Å². The molecule has 0 fully saturated rings. The summed E-state index contributed by atoms with van der Waals surface area (Å²) >= 11 is 12.5. The van der Waals surface area contributed by atoms with Crippen molar-refractivity contribution in [3.8, 4) is 0 Å². The first-order valence-electron chi connectivity index (χ1n) is 6.91. The zero-order valence-corrected chi connectivity index (χ0v) is 14.2. The van der Waals surface area contributed by atoms with Gasteiger partial charge in [0.25, 0.3) is 0 Å². The standard InChI is InChI=1S/C16H19Cl2N3/c1-10(2)14-15(18)19-9-20-16(14)21(4)11(3)12-7-5-6-8-13(12)17/h5-11H,1-4H3. The highest BCUT2D eigenvalue weighted by Gasteiger charge is 2.22. The number of rotatable bonds is 4. The maximum atomic E-state index is 6.30. The maximum Gasteiger partial charge on any atom is 0.138 e. The molecule has 1 unspecified atom stereocenters. The van der Waals surface area contributed by atoms with Crippen molar-refractivity contribution in [3.63, 3.8) is 0 Å². The summed E-state index contributed by atoms with van der Waals surface area (Å²) in [5, 5.41) is 1.26. The number of hydrogen-bond acceptors (Lipinski definition) is 3. The molecular formula is C16H19Cl2N3. The molecule has 1 heterocycles. The lowest BCUT2D eigenvalue weighted by Crippen LogP contribution is -2.24. The minimum Gasteiger partial charge on any atom is -0.352 e. The van der Waals surface area contributed by atoms with Gasteiger partial charge < -0.3 is 4.90 Å². The minimum absolute atomic E-state index is 0.0853. The van der Waals surface area contributed by atoms with Crippen LogP contribution in [0.15, 0.2) is 30.6 Å². The van der Waals surface area contributed by atoms with E-state index in [4.69, 9.17) is 23.2 Å². The summed E-state index contributed by atoms with van der Waals surface area (Å²) in [7, 11) is 2.00. The topological polar surface area (TPSA) is 29.0 Å². The predicted molar refractivity (Wildman–Crippen MR) is 89.4 cm³/mol. The zero-order chi connectivity index (χ0) is 15.6. The van der Waals surface area contributed by atoms with E-state index < -0.39 is 0 Å². The fourth-order valence-electron chi connectivity index (χ4n) is 2.35. The molecule has 1 aromatic carbocycles. The molecule has 1 atom stereocenters. The molecule has 0 radical (unpaired) electrons. The van der Waals surface area contributed by atoms with Crippen molar-refractivity contribution >= 4 is 29.0 Å². The molecule has 0 aliphatic carbocycles. The second kappa shape index (κ2) is 6.63. The number of halogens is 2. The van der Waals surface area contributed by atoms with E-state index in [-0.39, 0.29) is 12.0 Å². The van der Waals surface area contributed by atoms with Crippen molar-refractivity contribution in [2.75, 3.05) is 11.9 Å². The first-order valence-corrected chi connectivity index (χ1v) is 7.66. The first-order chi connectivity index (χ1) is 9.93. The van der Waals surface area contributed by atoms with Crippen LogP contribution in [0.25, 0.3) is 0 Å². The van der Waals surface area contributed by atoms with E-state index in [0.717, 1.165) is 22.0 Å². The van der Waals surface area contributed by atoms with Gasteiger partial charge in [-0.2, -0.15) is 0 Å². The molecule has 0 saturated carbocycles. The first kappa shape index (κ1) is 16.1. The van der Waals surface area contributed by atoms with Gasteiger partial charge in [0.05, 0.1) is 6.04 Å². The molecule has 0 bridgehead atoms. The Balaban J connectivity index is 2.43. The lowest BCUT2D eigenvalue weighted by atomic mass is 10.0. The molecule has 0 aliphatic rings. The van der Waals surface area contributed by atoms with Crippen LogP contribution >= 0.6 is 23.2 Å². The van der Waals surface area contributed by atoms with Crippen LogP contribution in [-0.4, -0.2) is 17.0 Å². The maximum absolute atomic E-state index is 6.30. The molecule has 0 saturated heterocycles. The van der Waals surface area contributed by atoms with Gasteiger partial charge >= 0.3 is 0 Å². The van der Waals surface area contributed by atoms with E-state index in [0.29, 0.717) is 5.15 Å². The summed E-state index contributed by atoms with van der Waals surface area (Å²) in [4.78, 5) is 10.6. The van der Waals surface area contributed by atoms with Gasteiger partial charge in [-0.25, -0.2) is 9.97 Å². The molecule has 3 nitrogen and oxygen atoms in total. The molecule has 0 N–H and O–H groups in total. The molecule has 0 amide bonds. The Morgan fingerprint density at radius 2 is 1.71 bits per heavy atom. The van der Waals surface area contributed by atoms with Gasteiger partial charge in [0, 0.05) is 17.6 Å². The van der Waals surface area contributed by atoms with Gasteiger partial charge in [-0.15, -0.1) is 0 Å². The number of nitrogens with zero attached hydrogens (tertiary/aromatic N) is 3. The monoisotopic (exact) mass is 323 g/mol. The van der Waals surface area contributed by atoms with Crippen LogP contribution in [0.5, 0.6) is 0 Å². The fourth-order valence-corrected chi connectivity index (χ4v) is 2.99. The van der Waals surface area contributed by atoms with Crippen molar-refractivity contribution in [1.29, 1.82) is 0 Å². The van der Waals surface area contributed by atoms with Crippen LogP contribution in [0.1, 0.15) is 43.9 Å². The van der Waals surface area contributed by atoms with Crippen molar-refractivity contribution in [2.24, 2.45) is 0 Å². The molecule has 2 aromatic rings. The predicted octanol–water partition coefficient (Wildman–Crippen LogP) is 5.10. The van der Waals surface area contributed by atoms with Crippen LogP contribution in [0, 0.1) is 0 Å². The molecule has 5 heteroatoms. The Kier molecular flexibility index (Phi) is 5.07. The lowest BCUT2D eigenvalue weighted by molar-refractivity contribution is 0.711. The third-order valence-electron chi connectivity index (χ3n) is 3.66. The van der Waals surface area contributed by atoms with Gasteiger partial charge in [-0.3, -0.25) is 0 Å². The van der Waals surface area contributed by atoms with Gasteiger partial charge in [0.15, 0.2) is 0 Å². The SMILES string of the molecule is CC(C)c1c(Cl)ncnc1N(C)C(C)c1ccccc1Cl. The summed E-state index contributed by atoms with van der Waals surface area (Å²) in [5.41, 5.74) is 2.02. The molecule has 112 valence electrons. The Hall–Kier alpha value is -1.32. The van der Waals surface area contributed by atoms with Crippen LogP contribution < -0.4 is 4.90 Å². The molecule has 21 heavy (non-hydrogen) atoms. The zero-order valence-electron chi connectivity index (χ0n) is 12.6. The summed E-state index contributed by atoms with van der Waals surface area (Å²) in [5.74, 6) is 1.09. The third kappa shape index (κ3) is 3.30. The molecule has 0 aliphatic heterocycles. The van der Waals surface area contributed by atoms with E-state index in [1.54, 1.807) is 0 Å². The second-order valence-electron chi connectivity index (χ2n) is 5.36. The van der Waals surface area contributed by atoms with Gasteiger partial charge in [-0.1, -0.05) is 55.2 Å². The smallest absolute Gasteiger partial charge is 0.138 e. The number of hydrogen-bond donors (Lipinski definition) is 0. The quantitative estimate of drug-likeness (QED) is 0.732. The van der Waals surface area contributed by atoms with E-state index >= 15 is 0 Å². The molecule has 1 aromatic heterocycles. The molecule has 2 rings (SSSR count). The second-order valence-corrected chi connectivity index (χ2v) is 6.13. The normalized spacial score (nSPS) is 12.5. The summed E-state index contributed by atoms with van der Waals surface area (Å²) in [6.07, 6.45) is 1.50. The van der Waals surface area contributed by atoms with Crippen LogP contribution in [0.3, 0.4) is 0 Å². The van der Waals surface area contributed by atoms with Crippen LogP contribution in [-0.2, 0) is 0 Å². The van der Waals surface area contributed by atoms with E-state index in [2.05, 4.69) is 35.6 Å². The highest BCUT2D eigenvalue weighted by molar-refractivity contribution is 6.31. The Morgan fingerprint density at radius 3 is 2.33 bits per heavy atom. The van der Waals surface area contributed by atoms with Crippen molar-refractivity contribution in [3.05, 3.63) is 51.9 Å². The Bertz CT molecular complexity index is 629. The van der Waals surface area contributed by atoms with E-state index in [1.807, 2.05) is 31.3 Å². The molecular weight excluding hydrogens is 305 g/mol. The fraction of sp³-hybridized carbons (Fsp3) is 0.375. The Morgan fingerprint density at radius 1 is 1.05 bits per heavy atom. The van der Waals surface area contributed by atoms with Gasteiger partial charge in [0.2, 0.25) is 0 Å². The molecule has 0 spiro atoms. The average Bonchev–Trinajstić information content (AvgIpc) is 2.45. The largest absolute Gasteiger partial charge is 0.352 e.